The Balaban J connectivity index is 2.48. The summed E-state index contributed by atoms with van der Waals surface area (Å²) in [5.74, 6) is 0.491. The molecule has 2 aliphatic carbocycles. The standard InChI is InChI=1S/C12H12/c1-10-6-2-3-7-11-8-4-5-9-12(10)11/h2-9,11H,1H3. The molecule has 12 heavy (non-hydrogen) atoms. The number of hydrogen-bond acceptors (Lipinski definition) is 0. The molecular weight excluding hydrogens is 144 g/mol. The maximum Gasteiger partial charge on any atom is 0.0207 e. The highest BCUT2D eigenvalue weighted by atomic mass is 14.1. The fraction of sp³-hybridized carbons (Fsp3) is 0.167. The van der Waals surface area contributed by atoms with E-state index in [0.717, 1.165) is 0 Å². The van der Waals surface area contributed by atoms with E-state index in [1.165, 1.54) is 11.1 Å². The highest BCUT2D eigenvalue weighted by molar-refractivity contribution is 5.45. The molecule has 0 saturated carbocycles. The monoisotopic (exact) mass is 156 g/mol. The highest BCUT2D eigenvalue weighted by Crippen LogP contribution is 2.25. The van der Waals surface area contributed by atoms with Gasteiger partial charge in [0.15, 0.2) is 0 Å². The Bertz CT molecular complexity index is 322. The van der Waals surface area contributed by atoms with Crippen molar-refractivity contribution in [2.75, 3.05) is 0 Å². The van der Waals surface area contributed by atoms with E-state index in [4.69, 9.17) is 0 Å². The minimum Gasteiger partial charge on any atom is -0.0732 e. The van der Waals surface area contributed by atoms with Crippen molar-refractivity contribution in [1.29, 1.82) is 0 Å². The molecule has 0 heteroatoms. The smallest absolute Gasteiger partial charge is 0.0207 e. The Kier molecular flexibility index (Phi) is 1.83. The third-order valence-electron chi connectivity index (χ3n) is 2.30. The summed E-state index contributed by atoms with van der Waals surface area (Å²) in [5, 5.41) is 0. The lowest BCUT2D eigenvalue weighted by Crippen LogP contribution is -1.99. The number of fused-ring (bicyclic) bond motifs is 1. The Labute approximate surface area is 73.3 Å². The SMILES string of the molecule is CC1=C2C=CC=CC2C=CC=C1. The van der Waals surface area contributed by atoms with Crippen LogP contribution in [0, 0.1) is 5.92 Å². The van der Waals surface area contributed by atoms with Crippen molar-refractivity contribution >= 4 is 0 Å². The minimum absolute atomic E-state index is 0.491. The molecule has 0 spiro atoms. The summed E-state index contributed by atoms with van der Waals surface area (Å²) in [5.41, 5.74) is 2.79. The van der Waals surface area contributed by atoms with E-state index in [1.54, 1.807) is 0 Å². The maximum absolute atomic E-state index is 2.22. The lowest BCUT2D eigenvalue weighted by atomic mass is 9.91. The Hall–Kier alpha value is -1.30. The van der Waals surface area contributed by atoms with E-state index in [-0.39, 0.29) is 0 Å². The first-order chi connectivity index (χ1) is 5.88. The molecule has 60 valence electrons. The molecule has 0 heterocycles. The van der Waals surface area contributed by atoms with Crippen LogP contribution in [0.25, 0.3) is 0 Å². The van der Waals surface area contributed by atoms with Crippen LogP contribution in [0.5, 0.6) is 0 Å². The van der Waals surface area contributed by atoms with Crippen molar-refractivity contribution < 1.29 is 0 Å². The van der Waals surface area contributed by atoms with Crippen LogP contribution in [0.4, 0.5) is 0 Å². The molecule has 0 radical (unpaired) electrons. The van der Waals surface area contributed by atoms with E-state index in [1.807, 2.05) is 0 Å². The summed E-state index contributed by atoms with van der Waals surface area (Å²) in [7, 11) is 0. The average Bonchev–Trinajstić information content (AvgIpc) is 2.29. The Morgan fingerprint density at radius 2 is 1.58 bits per heavy atom. The van der Waals surface area contributed by atoms with Gasteiger partial charge in [-0.1, -0.05) is 48.6 Å². The van der Waals surface area contributed by atoms with Gasteiger partial charge in [0.1, 0.15) is 0 Å². The van der Waals surface area contributed by atoms with Crippen molar-refractivity contribution in [3.8, 4) is 0 Å². The Morgan fingerprint density at radius 1 is 0.917 bits per heavy atom. The molecule has 0 aliphatic heterocycles. The maximum atomic E-state index is 2.22. The molecule has 1 unspecified atom stereocenters. The van der Waals surface area contributed by atoms with Gasteiger partial charge >= 0.3 is 0 Å². The molecule has 0 bridgehead atoms. The number of hydrogen-bond donors (Lipinski definition) is 0. The van der Waals surface area contributed by atoms with Crippen molar-refractivity contribution in [2.24, 2.45) is 5.92 Å². The van der Waals surface area contributed by atoms with E-state index < -0.39 is 0 Å². The van der Waals surface area contributed by atoms with E-state index in [9.17, 15) is 0 Å². The summed E-state index contributed by atoms with van der Waals surface area (Å²) in [6, 6.07) is 0. The zero-order chi connectivity index (χ0) is 8.39. The molecule has 0 fully saturated rings. The molecule has 0 aromatic rings. The lowest BCUT2D eigenvalue weighted by Gasteiger charge is -2.13. The number of rotatable bonds is 0. The molecule has 0 saturated heterocycles. The summed E-state index contributed by atoms with van der Waals surface area (Å²) >= 11 is 0. The summed E-state index contributed by atoms with van der Waals surface area (Å²) in [6.07, 6.45) is 17.2. The fourth-order valence-electron chi connectivity index (χ4n) is 1.60. The molecule has 0 amide bonds. The molecule has 0 N–H and O–H groups in total. The van der Waals surface area contributed by atoms with Crippen molar-refractivity contribution in [3.63, 3.8) is 0 Å². The quantitative estimate of drug-likeness (QED) is 0.505. The number of allylic oxidation sites excluding steroid dienone is 10. The average molecular weight is 156 g/mol. The van der Waals surface area contributed by atoms with Gasteiger partial charge in [0.2, 0.25) is 0 Å². The van der Waals surface area contributed by atoms with Gasteiger partial charge in [-0.15, -0.1) is 0 Å². The first-order valence-electron chi connectivity index (χ1n) is 4.28. The predicted octanol–water partition coefficient (Wildman–Crippen LogP) is 3.17. The first kappa shape index (κ1) is 7.35. The van der Waals surface area contributed by atoms with Crippen molar-refractivity contribution in [1.82, 2.24) is 0 Å². The third-order valence-corrected chi connectivity index (χ3v) is 2.30. The molecule has 2 rings (SSSR count). The van der Waals surface area contributed by atoms with Crippen molar-refractivity contribution in [2.45, 2.75) is 6.92 Å². The molecule has 1 atom stereocenters. The zero-order valence-electron chi connectivity index (χ0n) is 7.20. The summed E-state index contributed by atoms with van der Waals surface area (Å²) in [6.45, 7) is 2.16. The minimum atomic E-state index is 0.491. The molecule has 0 nitrogen and oxygen atoms in total. The third kappa shape index (κ3) is 1.20. The molecule has 0 aromatic carbocycles. The molecule has 2 aliphatic rings. The van der Waals surface area contributed by atoms with Gasteiger partial charge in [0, 0.05) is 5.92 Å². The van der Waals surface area contributed by atoms with Crippen LogP contribution in [0.15, 0.2) is 59.8 Å². The van der Waals surface area contributed by atoms with Crippen LogP contribution >= 0.6 is 0 Å². The highest BCUT2D eigenvalue weighted by Gasteiger charge is 2.10. The normalized spacial score (nSPS) is 25.9. The zero-order valence-corrected chi connectivity index (χ0v) is 7.20. The molecule has 0 aromatic heterocycles. The van der Waals surface area contributed by atoms with Gasteiger partial charge in [-0.05, 0) is 18.1 Å². The second-order valence-corrected chi connectivity index (χ2v) is 3.15. The first-order valence-corrected chi connectivity index (χ1v) is 4.28. The van der Waals surface area contributed by atoms with Crippen LogP contribution in [0.1, 0.15) is 6.92 Å². The van der Waals surface area contributed by atoms with E-state index in [2.05, 4.69) is 55.5 Å². The fourth-order valence-corrected chi connectivity index (χ4v) is 1.60. The van der Waals surface area contributed by atoms with Crippen LogP contribution in [0.3, 0.4) is 0 Å². The van der Waals surface area contributed by atoms with Gasteiger partial charge in [0.05, 0.1) is 0 Å². The van der Waals surface area contributed by atoms with Crippen molar-refractivity contribution in [3.05, 3.63) is 59.8 Å². The van der Waals surface area contributed by atoms with Gasteiger partial charge in [0.25, 0.3) is 0 Å². The van der Waals surface area contributed by atoms with Crippen LogP contribution in [-0.4, -0.2) is 0 Å². The molecular formula is C12H12. The van der Waals surface area contributed by atoms with Gasteiger partial charge in [-0.2, -0.15) is 0 Å². The van der Waals surface area contributed by atoms with Crippen LogP contribution in [0.2, 0.25) is 0 Å². The second kappa shape index (κ2) is 2.98. The van der Waals surface area contributed by atoms with Gasteiger partial charge in [-0.3, -0.25) is 0 Å². The van der Waals surface area contributed by atoms with E-state index >= 15 is 0 Å². The summed E-state index contributed by atoms with van der Waals surface area (Å²) < 4.78 is 0. The van der Waals surface area contributed by atoms with Gasteiger partial charge < -0.3 is 0 Å². The van der Waals surface area contributed by atoms with Crippen LogP contribution in [-0.2, 0) is 0 Å². The predicted molar refractivity (Wildman–Crippen MR) is 52.8 cm³/mol. The largest absolute Gasteiger partial charge is 0.0732 e. The van der Waals surface area contributed by atoms with Gasteiger partial charge in [-0.25, -0.2) is 0 Å². The van der Waals surface area contributed by atoms with Crippen LogP contribution < -0.4 is 0 Å². The van der Waals surface area contributed by atoms with E-state index in [0.29, 0.717) is 5.92 Å². The lowest BCUT2D eigenvalue weighted by molar-refractivity contribution is 0.981. The Morgan fingerprint density at radius 3 is 2.33 bits per heavy atom. The summed E-state index contributed by atoms with van der Waals surface area (Å²) in [4.78, 5) is 0. The second-order valence-electron chi connectivity index (χ2n) is 3.15. The topological polar surface area (TPSA) is 0 Å².